The molecule has 2 aromatic carbocycles. The van der Waals surface area contributed by atoms with Gasteiger partial charge in [-0.1, -0.05) is 12.1 Å². The minimum atomic E-state index is -0.377. The first-order chi connectivity index (χ1) is 9.06. The Labute approximate surface area is 110 Å². The number of carbonyl (C=O) groups is 1. The summed E-state index contributed by atoms with van der Waals surface area (Å²) in [6.45, 7) is 0.372. The highest BCUT2D eigenvalue weighted by Gasteiger charge is 2.11. The monoisotopic (exact) mass is 261 g/mol. The van der Waals surface area contributed by atoms with E-state index < -0.39 is 0 Å². The Bertz CT molecular complexity index is 564. The molecule has 4 heteroatoms. The van der Waals surface area contributed by atoms with Crippen LogP contribution in [-0.4, -0.2) is 17.9 Å². The highest BCUT2D eigenvalue weighted by molar-refractivity contribution is 5.93. The van der Waals surface area contributed by atoms with Crippen molar-refractivity contribution >= 4 is 5.91 Å². The fourth-order valence-electron chi connectivity index (χ4n) is 1.75. The molecule has 0 saturated heterocycles. The maximum absolute atomic E-state index is 12.8. The smallest absolute Gasteiger partial charge is 0.253 e. The Kier molecular flexibility index (Phi) is 3.90. The molecule has 0 bridgehead atoms. The lowest BCUT2D eigenvalue weighted by molar-refractivity contribution is 0.0785. The van der Waals surface area contributed by atoms with Crippen LogP contribution in [0, 0.1) is 11.6 Å². The van der Waals surface area contributed by atoms with Crippen molar-refractivity contribution in [3.8, 4) is 0 Å². The Morgan fingerprint density at radius 1 is 0.947 bits per heavy atom. The molecule has 2 nitrogen and oxygen atoms in total. The first kappa shape index (κ1) is 13.2. The molecule has 0 aliphatic rings. The van der Waals surface area contributed by atoms with Gasteiger partial charge in [0.1, 0.15) is 11.6 Å². The lowest BCUT2D eigenvalue weighted by Gasteiger charge is -2.17. The molecule has 2 aromatic rings. The van der Waals surface area contributed by atoms with E-state index in [1.165, 1.54) is 41.3 Å². The molecule has 0 N–H and O–H groups in total. The second kappa shape index (κ2) is 5.61. The van der Waals surface area contributed by atoms with Gasteiger partial charge < -0.3 is 4.90 Å². The van der Waals surface area contributed by atoms with Crippen LogP contribution in [0.4, 0.5) is 8.78 Å². The van der Waals surface area contributed by atoms with Crippen molar-refractivity contribution in [1.82, 2.24) is 4.90 Å². The van der Waals surface area contributed by atoms with Crippen molar-refractivity contribution in [3.63, 3.8) is 0 Å². The van der Waals surface area contributed by atoms with Crippen molar-refractivity contribution < 1.29 is 13.6 Å². The summed E-state index contributed by atoms with van der Waals surface area (Å²) in [5.41, 5.74) is 1.25. The quantitative estimate of drug-likeness (QED) is 0.830. The topological polar surface area (TPSA) is 20.3 Å². The number of benzene rings is 2. The van der Waals surface area contributed by atoms with Gasteiger partial charge in [0.15, 0.2) is 0 Å². The van der Waals surface area contributed by atoms with Gasteiger partial charge in [0, 0.05) is 19.2 Å². The maximum atomic E-state index is 12.8. The van der Waals surface area contributed by atoms with E-state index in [4.69, 9.17) is 0 Å². The number of halogens is 2. The molecular weight excluding hydrogens is 248 g/mol. The largest absolute Gasteiger partial charge is 0.337 e. The predicted molar refractivity (Wildman–Crippen MR) is 68.6 cm³/mol. The Balaban J connectivity index is 2.07. The second-order valence-corrected chi connectivity index (χ2v) is 4.29. The minimum absolute atomic E-state index is 0.204. The third-order valence-electron chi connectivity index (χ3n) is 2.77. The Hall–Kier alpha value is -2.23. The van der Waals surface area contributed by atoms with Crippen LogP contribution in [0.25, 0.3) is 0 Å². The molecule has 19 heavy (non-hydrogen) atoms. The van der Waals surface area contributed by atoms with Crippen molar-refractivity contribution in [3.05, 3.63) is 71.3 Å². The van der Waals surface area contributed by atoms with Crippen LogP contribution >= 0.6 is 0 Å². The fourth-order valence-corrected chi connectivity index (χ4v) is 1.75. The van der Waals surface area contributed by atoms with Gasteiger partial charge in [0.05, 0.1) is 0 Å². The lowest BCUT2D eigenvalue weighted by atomic mass is 10.1. The van der Waals surface area contributed by atoms with E-state index in [9.17, 15) is 13.6 Å². The number of hydrogen-bond acceptors (Lipinski definition) is 1. The van der Waals surface area contributed by atoms with E-state index in [2.05, 4.69) is 0 Å². The van der Waals surface area contributed by atoms with Crippen LogP contribution in [0.5, 0.6) is 0 Å². The molecule has 0 aromatic heterocycles. The summed E-state index contributed by atoms with van der Waals surface area (Å²) in [4.78, 5) is 13.6. The predicted octanol–water partition coefficient (Wildman–Crippen LogP) is 3.24. The van der Waals surface area contributed by atoms with E-state index >= 15 is 0 Å². The third-order valence-corrected chi connectivity index (χ3v) is 2.77. The fraction of sp³-hybridized carbons (Fsp3) is 0.133. The van der Waals surface area contributed by atoms with Gasteiger partial charge in [0.2, 0.25) is 0 Å². The summed E-state index contributed by atoms with van der Waals surface area (Å²) in [6, 6.07) is 11.3. The molecule has 0 radical (unpaired) electrons. The second-order valence-electron chi connectivity index (χ2n) is 4.29. The normalized spacial score (nSPS) is 10.3. The van der Waals surface area contributed by atoms with Crippen LogP contribution in [0.15, 0.2) is 48.5 Å². The number of carbonyl (C=O) groups excluding carboxylic acids is 1. The number of rotatable bonds is 3. The average Bonchev–Trinajstić information content (AvgIpc) is 2.41. The van der Waals surface area contributed by atoms with Crippen LogP contribution in [-0.2, 0) is 6.54 Å². The summed E-state index contributed by atoms with van der Waals surface area (Å²) in [5, 5.41) is 0. The summed E-state index contributed by atoms with van der Waals surface area (Å²) in [5.74, 6) is -0.890. The molecule has 0 fully saturated rings. The molecule has 0 aliphatic carbocycles. The lowest BCUT2D eigenvalue weighted by Crippen LogP contribution is -2.26. The first-order valence-electron chi connectivity index (χ1n) is 5.82. The van der Waals surface area contributed by atoms with E-state index in [1.807, 2.05) is 0 Å². The number of amides is 1. The molecule has 0 aliphatic heterocycles. The van der Waals surface area contributed by atoms with Crippen LogP contribution in [0.1, 0.15) is 15.9 Å². The molecule has 98 valence electrons. The average molecular weight is 261 g/mol. The van der Waals surface area contributed by atoms with Crippen molar-refractivity contribution in [1.29, 1.82) is 0 Å². The van der Waals surface area contributed by atoms with E-state index in [1.54, 1.807) is 19.2 Å². The van der Waals surface area contributed by atoms with Gasteiger partial charge in [-0.05, 0) is 42.0 Å². The molecular formula is C15H13F2NO. The zero-order valence-corrected chi connectivity index (χ0v) is 10.4. The Morgan fingerprint density at radius 3 is 1.95 bits per heavy atom. The Morgan fingerprint density at radius 2 is 1.42 bits per heavy atom. The SMILES string of the molecule is CN(Cc1ccc(F)cc1)C(=O)c1ccc(F)cc1. The molecule has 2 rings (SSSR count). The minimum Gasteiger partial charge on any atom is -0.337 e. The zero-order chi connectivity index (χ0) is 13.8. The van der Waals surface area contributed by atoms with Gasteiger partial charge >= 0.3 is 0 Å². The van der Waals surface area contributed by atoms with Gasteiger partial charge in [-0.2, -0.15) is 0 Å². The van der Waals surface area contributed by atoms with Gasteiger partial charge in [-0.15, -0.1) is 0 Å². The maximum Gasteiger partial charge on any atom is 0.253 e. The highest BCUT2D eigenvalue weighted by atomic mass is 19.1. The number of hydrogen-bond donors (Lipinski definition) is 0. The molecule has 0 atom stereocenters. The summed E-state index contributed by atoms with van der Waals surface area (Å²) < 4.78 is 25.5. The standard InChI is InChI=1S/C15H13F2NO/c1-18(10-11-2-6-13(16)7-3-11)15(19)12-4-8-14(17)9-5-12/h2-9H,10H2,1H3. The molecule has 1 amide bonds. The molecule has 0 unspecified atom stereocenters. The zero-order valence-electron chi connectivity index (χ0n) is 10.4. The van der Waals surface area contributed by atoms with Crippen molar-refractivity contribution in [2.24, 2.45) is 0 Å². The third kappa shape index (κ3) is 3.37. The molecule has 0 spiro atoms. The van der Waals surface area contributed by atoms with Crippen LogP contribution < -0.4 is 0 Å². The van der Waals surface area contributed by atoms with E-state index in [0.717, 1.165) is 5.56 Å². The molecule has 0 saturated carbocycles. The highest BCUT2D eigenvalue weighted by Crippen LogP contribution is 2.10. The van der Waals surface area contributed by atoms with Gasteiger partial charge in [-0.3, -0.25) is 4.79 Å². The van der Waals surface area contributed by atoms with Crippen LogP contribution in [0.3, 0.4) is 0 Å². The van der Waals surface area contributed by atoms with E-state index in [-0.39, 0.29) is 17.5 Å². The summed E-state index contributed by atoms with van der Waals surface area (Å²) >= 11 is 0. The van der Waals surface area contributed by atoms with Crippen LogP contribution in [0.2, 0.25) is 0 Å². The van der Waals surface area contributed by atoms with Gasteiger partial charge in [0.25, 0.3) is 5.91 Å². The van der Waals surface area contributed by atoms with Crippen molar-refractivity contribution in [2.45, 2.75) is 6.54 Å². The summed E-state index contributed by atoms with van der Waals surface area (Å²) in [6.07, 6.45) is 0. The molecule has 0 heterocycles. The van der Waals surface area contributed by atoms with E-state index in [0.29, 0.717) is 12.1 Å². The summed E-state index contributed by atoms with van der Waals surface area (Å²) in [7, 11) is 1.65. The first-order valence-corrected chi connectivity index (χ1v) is 5.82. The van der Waals surface area contributed by atoms with Gasteiger partial charge in [-0.25, -0.2) is 8.78 Å². The number of nitrogens with zero attached hydrogens (tertiary/aromatic N) is 1. The van der Waals surface area contributed by atoms with Crippen molar-refractivity contribution in [2.75, 3.05) is 7.05 Å².